The Hall–Kier alpha value is -1.34. The number of rotatable bonds is 6. The molecule has 1 fully saturated rings. The smallest absolute Gasteiger partial charge is 0.161 e. The fraction of sp³-hybridized carbons (Fsp3) is 0.625. The van der Waals surface area contributed by atoms with E-state index in [1.165, 1.54) is 4.90 Å². The highest BCUT2D eigenvalue weighted by atomic mass is 16.6. The van der Waals surface area contributed by atoms with Gasteiger partial charge in [-0.1, -0.05) is 12.1 Å². The Balaban J connectivity index is 1.35. The van der Waals surface area contributed by atoms with Gasteiger partial charge in [-0.2, -0.15) is 0 Å². The third-order valence-electron chi connectivity index (χ3n) is 3.91. The molecule has 2 N–H and O–H groups in total. The molecule has 22 heavy (non-hydrogen) atoms. The highest BCUT2D eigenvalue weighted by molar-refractivity contribution is 5.40. The number of aliphatic hydroxyl groups is 1. The summed E-state index contributed by atoms with van der Waals surface area (Å²) in [5, 5.41) is 10.0. The van der Waals surface area contributed by atoms with E-state index < -0.39 is 6.10 Å². The Labute approximate surface area is 130 Å². The van der Waals surface area contributed by atoms with Crippen LogP contribution in [0.15, 0.2) is 24.3 Å². The van der Waals surface area contributed by atoms with Crippen LogP contribution in [0.5, 0.6) is 11.5 Å². The van der Waals surface area contributed by atoms with Gasteiger partial charge >= 0.3 is 0 Å². The van der Waals surface area contributed by atoms with Crippen LogP contribution in [0.1, 0.15) is 0 Å². The second-order valence-electron chi connectivity index (χ2n) is 5.76. The van der Waals surface area contributed by atoms with Crippen LogP contribution >= 0.6 is 0 Å². The summed E-state index contributed by atoms with van der Waals surface area (Å²) in [6.45, 7) is 5.37. The normalized spacial score (nSPS) is 23.2. The maximum Gasteiger partial charge on any atom is 0.161 e. The van der Waals surface area contributed by atoms with E-state index in [9.17, 15) is 5.11 Å². The van der Waals surface area contributed by atoms with Gasteiger partial charge in [0, 0.05) is 0 Å². The van der Waals surface area contributed by atoms with Crippen molar-refractivity contribution in [1.82, 2.24) is 0 Å². The molecule has 2 atom stereocenters. The molecule has 2 aliphatic rings. The lowest BCUT2D eigenvalue weighted by Crippen LogP contribution is -3.15. The van der Waals surface area contributed by atoms with Crippen molar-refractivity contribution in [3.8, 4) is 11.5 Å². The third-order valence-corrected chi connectivity index (χ3v) is 3.91. The number of ether oxygens (including phenoxy) is 4. The molecule has 6 nitrogen and oxygen atoms in total. The van der Waals surface area contributed by atoms with Crippen LogP contribution in [0.3, 0.4) is 0 Å². The van der Waals surface area contributed by atoms with Crippen LogP contribution in [0.25, 0.3) is 0 Å². The van der Waals surface area contributed by atoms with Crippen molar-refractivity contribution in [3.63, 3.8) is 0 Å². The van der Waals surface area contributed by atoms with Gasteiger partial charge in [0.25, 0.3) is 0 Å². The topological polar surface area (TPSA) is 61.6 Å². The number of benzene rings is 1. The molecule has 0 spiro atoms. The van der Waals surface area contributed by atoms with Crippen molar-refractivity contribution >= 4 is 0 Å². The summed E-state index contributed by atoms with van der Waals surface area (Å²) in [5.41, 5.74) is 0. The van der Waals surface area contributed by atoms with E-state index >= 15 is 0 Å². The van der Waals surface area contributed by atoms with Crippen molar-refractivity contribution in [2.75, 3.05) is 52.7 Å². The molecule has 2 aliphatic heterocycles. The van der Waals surface area contributed by atoms with Gasteiger partial charge in [0.15, 0.2) is 17.6 Å². The zero-order valence-corrected chi connectivity index (χ0v) is 12.7. The lowest BCUT2D eigenvalue weighted by Gasteiger charge is -2.27. The van der Waals surface area contributed by atoms with Crippen LogP contribution in [0.2, 0.25) is 0 Å². The molecule has 0 aromatic heterocycles. The number of hydrogen-bond acceptors (Lipinski definition) is 5. The van der Waals surface area contributed by atoms with E-state index in [1.807, 2.05) is 24.3 Å². The van der Waals surface area contributed by atoms with Gasteiger partial charge in [-0.3, -0.25) is 0 Å². The molecule has 3 rings (SSSR count). The molecule has 0 unspecified atom stereocenters. The largest absolute Gasteiger partial charge is 0.486 e. The molecule has 0 radical (unpaired) electrons. The first-order chi connectivity index (χ1) is 10.8. The van der Waals surface area contributed by atoms with Gasteiger partial charge in [0.05, 0.1) is 26.4 Å². The zero-order valence-electron chi connectivity index (χ0n) is 12.7. The van der Waals surface area contributed by atoms with Gasteiger partial charge in [-0.15, -0.1) is 0 Å². The van der Waals surface area contributed by atoms with Crippen LogP contribution < -0.4 is 14.4 Å². The number of aliphatic hydroxyl groups excluding tert-OH is 1. The summed E-state index contributed by atoms with van der Waals surface area (Å²) in [6.07, 6.45) is -0.581. The van der Waals surface area contributed by atoms with Gasteiger partial charge in [0.1, 0.15) is 32.3 Å². The number of quaternary nitrogens is 1. The van der Waals surface area contributed by atoms with E-state index in [0.717, 1.165) is 37.8 Å². The molecule has 1 aromatic carbocycles. The zero-order chi connectivity index (χ0) is 15.2. The van der Waals surface area contributed by atoms with Crippen LogP contribution in [-0.4, -0.2) is 70.0 Å². The van der Waals surface area contributed by atoms with E-state index in [1.54, 1.807) is 0 Å². The fourth-order valence-corrected chi connectivity index (χ4v) is 2.74. The van der Waals surface area contributed by atoms with E-state index in [-0.39, 0.29) is 6.10 Å². The lowest BCUT2D eigenvalue weighted by atomic mass is 10.2. The Morgan fingerprint density at radius 2 is 2.00 bits per heavy atom. The van der Waals surface area contributed by atoms with Crippen LogP contribution in [0, 0.1) is 0 Å². The molecule has 0 amide bonds. The summed E-state index contributed by atoms with van der Waals surface area (Å²) in [6, 6.07) is 7.61. The predicted octanol–water partition coefficient (Wildman–Crippen LogP) is -0.881. The first-order valence-corrected chi connectivity index (χ1v) is 7.87. The quantitative estimate of drug-likeness (QED) is 0.714. The molecule has 0 bridgehead atoms. The molecular weight excluding hydrogens is 286 g/mol. The average Bonchev–Trinajstić information content (AvgIpc) is 2.55. The maximum absolute atomic E-state index is 10.0. The molecule has 0 aliphatic carbocycles. The average molecular weight is 310 g/mol. The van der Waals surface area contributed by atoms with E-state index in [0.29, 0.717) is 26.4 Å². The van der Waals surface area contributed by atoms with Gasteiger partial charge in [-0.25, -0.2) is 0 Å². The first kappa shape index (κ1) is 15.6. The summed E-state index contributed by atoms with van der Waals surface area (Å²) in [4.78, 5) is 1.37. The summed E-state index contributed by atoms with van der Waals surface area (Å²) >= 11 is 0. The number of morpholine rings is 1. The van der Waals surface area contributed by atoms with E-state index in [4.69, 9.17) is 18.9 Å². The summed E-state index contributed by atoms with van der Waals surface area (Å²) < 4.78 is 22.3. The Kier molecular flexibility index (Phi) is 5.50. The molecule has 6 heteroatoms. The van der Waals surface area contributed by atoms with Crippen LogP contribution in [0.4, 0.5) is 0 Å². The Bertz CT molecular complexity index is 464. The van der Waals surface area contributed by atoms with Crippen LogP contribution in [-0.2, 0) is 9.47 Å². The Morgan fingerprint density at radius 1 is 1.23 bits per heavy atom. The number of nitrogens with one attached hydrogen (secondary N) is 1. The molecule has 1 saturated heterocycles. The van der Waals surface area contributed by atoms with Crippen molar-refractivity contribution in [2.24, 2.45) is 0 Å². The van der Waals surface area contributed by atoms with Gasteiger partial charge in [-0.05, 0) is 12.1 Å². The minimum atomic E-state index is -0.454. The molecule has 2 heterocycles. The highest BCUT2D eigenvalue weighted by Crippen LogP contribution is 2.30. The van der Waals surface area contributed by atoms with Gasteiger partial charge in [0.2, 0.25) is 0 Å². The SMILES string of the molecule is O[C@H](COC[C@H]1COc2ccccc2O1)C[NH+]1CCOCC1. The van der Waals surface area contributed by atoms with Gasteiger partial charge < -0.3 is 29.0 Å². The molecule has 1 aromatic rings. The Morgan fingerprint density at radius 3 is 2.82 bits per heavy atom. The molecule has 0 saturated carbocycles. The number of para-hydroxylation sites is 2. The summed E-state index contributed by atoms with van der Waals surface area (Å²) in [7, 11) is 0. The van der Waals surface area contributed by atoms with Crippen molar-refractivity contribution in [2.45, 2.75) is 12.2 Å². The predicted molar refractivity (Wildman–Crippen MR) is 79.6 cm³/mol. The molecule has 122 valence electrons. The van der Waals surface area contributed by atoms with Crippen molar-refractivity contribution in [1.29, 1.82) is 0 Å². The van der Waals surface area contributed by atoms with Crippen molar-refractivity contribution in [3.05, 3.63) is 24.3 Å². The first-order valence-electron chi connectivity index (χ1n) is 7.87. The van der Waals surface area contributed by atoms with Crippen molar-refractivity contribution < 1.29 is 29.0 Å². The lowest BCUT2D eigenvalue weighted by molar-refractivity contribution is -0.911. The maximum atomic E-state index is 10.0. The van der Waals surface area contributed by atoms with E-state index in [2.05, 4.69) is 0 Å². The summed E-state index contributed by atoms with van der Waals surface area (Å²) in [5.74, 6) is 1.52. The minimum absolute atomic E-state index is 0.127. The monoisotopic (exact) mass is 310 g/mol. The number of fused-ring (bicyclic) bond motifs is 1. The minimum Gasteiger partial charge on any atom is -0.486 e. The fourth-order valence-electron chi connectivity index (χ4n) is 2.74. The molecular formula is C16H24NO5+. The standard InChI is InChI=1S/C16H23NO5/c18-13(9-17-5-7-19-8-6-17)10-20-11-14-12-21-15-3-1-2-4-16(15)22-14/h1-4,13-14,18H,5-12H2/p+1/t13-,14-/m0/s1. The number of hydrogen-bond donors (Lipinski definition) is 2. The highest BCUT2D eigenvalue weighted by Gasteiger charge is 2.22. The second-order valence-corrected chi connectivity index (χ2v) is 5.76. The third kappa shape index (κ3) is 4.33. The second kappa shape index (κ2) is 7.78.